The van der Waals surface area contributed by atoms with E-state index in [1.165, 1.54) is 25.3 Å². The van der Waals surface area contributed by atoms with Crippen LogP contribution in [-0.2, 0) is 0 Å². The van der Waals surface area contributed by atoms with Crippen LogP contribution in [0.4, 0.5) is 0 Å². The Balaban J connectivity index is 2.05. The average molecular weight is 330 g/mol. The summed E-state index contributed by atoms with van der Waals surface area (Å²) >= 11 is 0. The van der Waals surface area contributed by atoms with Crippen LogP contribution in [-0.4, -0.2) is 30.6 Å². The molecule has 0 aliphatic rings. The molecule has 24 heavy (non-hydrogen) atoms. The third-order valence-corrected chi connectivity index (χ3v) is 3.16. The number of carbonyl (C=O) groups is 2. The van der Waals surface area contributed by atoms with E-state index in [1.807, 2.05) is 6.92 Å². The van der Waals surface area contributed by atoms with Crippen molar-refractivity contribution in [2.24, 2.45) is 0 Å². The van der Waals surface area contributed by atoms with E-state index in [0.29, 0.717) is 18.1 Å². The Labute approximate surface area is 139 Å². The van der Waals surface area contributed by atoms with Gasteiger partial charge in [0.05, 0.1) is 19.3 Å². The summed E-state index contributed by atoms with van der Waals surface area (Å²) in [5.41, 5.74) is 4.87. The number of amides is 2. The summed E-state index contributed by atoms with van der Waals surface area (Å²) in [5, 5.41) is 9.61. The van der Waals surface area contributed by atoms with Gasteiger partial charge in [-0.05, 0) is 37.3 Å². The van der Waals surface area contributed by atoms with E-state index in [2.05, 4.69) is 10.9 Å². The molecule has 2 rings (SSSR count). The Kier molecular flexibility index (Phi) is 5.62. The minimum Gasteiger partial charge on any atom is -0.507 e. The normalized spacial score (nSPS) is 9.92. The molecule has 7 nitrogen and oxygen atoms in total. The third kappa shape index (κ3) is 3.95. The van der Waals surface area contributed by atoms with Gasteiger partial charge in [-0.1, -0.05) is 12.1 Å². The predicted molar refractivity (Wildman–Crippen MR) is 87.2 cm³/mol. The van der Waals surface area contributed by atoms with E-state index in [9.17, 15) is 14.7 Å². The predicted octanol–water partition coefficient (Wildman–Crippen LogP) is 1.87. The van der Waals surface area contributed by atoms with Crippen LogP contribution in [0.25, 0.3) is 0 Å². The van der Waals surface area contributed by atoms with Gasteiger partial charge in [0.2, 0.25) is 0 Å². The van der Waals surface area contributed by atoms with Crippen LogP contribution >= 0.6 is 0 Å². The number of phenols is 1. The first-order valence-electron chi connectivity index (χ1n) is 7.26. The van der Waals surface area contributed by atoms with Crippen molar-refractivity contribution in [3.05, 3.63) is 53.6 Å². The van der Waals surface area contributed by atoms with Gasteiger partial charge >= 0.3 is 0 Å². The van der Waals surface area contributed by atoms with E-state index in [1.54, 1.807) is 24.3 Å². The Hall–Kier alpha value is -3.22. The zero-order valence-electron chi connectivity index (χ0n) is 13.3. The fourth-order valence-corrected chi connectivity index (χ4v) is 2.00. The summed E-state index contributed by atoms with van der Waals surface area (Å²) in [7, 11) is 1.47. The molecule has 0 atom stereocenters. The highest BCUT2D eigenvalue weighted by atomic mass is 16.5. The van der Waals surface area contributed by atoms with Crippen LogP contribution in [0.5, 0.6) is 17.2 Å². The lowest BCUT2D eigenvalue weighted by atomic mass is 10.2. The fraction of sp³-hybridized carbons (Fsp3) is 0.176. The van der Waals surface area contributed by atoms with Crippen molar-refractivity contribution in [3.63, 3.8) is 0 Å². The lowest BCUT2D eigenvalue weighted by Gasteiger charge is -2.12. The lowest BCUT2D eigenvalue weighted by Crippen LogP contribution is -2.41. The number of hydrogen-bond donors (Lipinski definition) is 3. The zero-order chi connectivity index (χ0) is 17.5. The van der Waals surface area contributed by atoms with Crippen LogP contribution in [0.1, 0.15) is 27.6 Å². The van der Waals surface area contributed by atoms with E-state index < -0.39 is 11.8 Å². The molecule has 0 heterocycles. The van der Waals surface area contributed by atoms with Gasteiger partial charge in [-0.25, -0.2) is 0 Å². The maximum atomic E-state index is 12.1. The van der Waals surface area contributed by atoms with Crippen molar-refractivity contribution < 1.29 is 24.2 Å². The maximum absolute atomic E-state index is 12.1. The third-order valence-electron chi connectivity index (χ3n) is 3.16. The Morgan fingerprint density at radius 1 is 1.04 bits per heavy atom. The van der Waals surface area contributed by atoms with Crippen molar-refractivity contribution in [1.82, 2.24) is 10.9 Å². The summed E-state index contributed by atoms with van der Waals surface area (Å²) in [5.74, 6) is -0.391. The van der Waals surface area contributed by atoms with Crippen molar-refractivity contribution in [1.29, 1.82) is 0 Å². The van der Waals surface area contributed by atoms with Gasteiger partial charge in [-0.15, -0.1) is 0 Å². The molecule has 7 heteroatoms. The zero-order valence-corrected chi connectivity index (χ0v) is 13.3. The molecule has 0 radical (unpaired) electrons. The van der Waals surface area contributed by atoms with Crippen LogP contribution in [0, 0.1) is 0 Å². The molecule has 0 aliphatic heterocycles. The first-order chi connectivity index (χ1) is 11.6. The highest BCUT2D eigenvalue weighted by molar-refractivity contribution is 6.00. The number of benzene rings is 2. The van der Waals surface area contributed by atoms with E-state index >= 15 is 0 Å². The van der Waals surface area contributed by atoms with Crippen LogP contribution in [0.2, 0.25) is 0 Å². The standard InChI is InChI=1S/C17H18N2O5/c1-3-24-14-9-8-11(10-15(14)23-2)16(21)18-19-17(22)12-6-4-5-7-13(12)20/h4-10,20H,3H2,1-2H3,(H,18,21)(H,19,22). The first kappa shape index (κ1) is 17.1. The summed E-state index contributed by atoms with van der Waals surface area (Å²) < 4.78 is 10.6. The largest absolute Gasteiger partial charge is 0.507 e. The molecule has 0 saturated heterocycles. The van der Waals surface area contributed by atoms with Gasteiger partial charge in [-0.3, -0.25) is 20.4 Å². The second-order valence-electron chi connectivity index (χ2n) is 4.72. The molecular weight excluding hydrogens is 312 g/mol. The van der Waals surface area contributed by atoms with Crippen molar-refractivity contribution in [2.45, 2.75) is 6.92 Å². The van der Waals surface area contributed by atoms with Gasteiger partial charge in [0, 0.05) is 5.56 Å². The molecular formula is C17H18N2O5. The second-order valence-corrected chi connectivity index (χ2v) is 4.72. The number of phenolic OH excluding ortho intramolecular Hbond substituents is 1. The molecule has 0 aliphatic carbocycles. The maximum Gasteiger partial charge on any atom is 0.273 e. The van der Waals surface area contributed by atoms with Crippen molar-refractivity contribution in [3.8, 4) is 17.2 Å². The Morgan fingerprint density at radius 2 is 1.75 bits per heavy atom. The minimum atomic E-state index is -0.626. The summed E-state index contributed by atoms with van der Waals surface area (Å²) in [6.45, 7) is 2.31. The highest BCUT2D eigenvalue weighted by Gasteiger charge is 2.14. The number of rotatable bonds is 5. The van der Waals surface area contributed by atoms with Crippen LogP contribution < -0.4 is 20.3 Å². The summed E-state index contributed by atoms with van der Waals surface area (Å²) in [4.78, 5) is 24.1. The molecule has 0 spiro atoms. The average Bonchev–Trinajstić information content (AvgIpc) is 2.60. The molecule has 2 aromatic rings. The number of ether oxygens (including phenoxy) is 2. The minimum absolute atomic E-state index is 0.0575. The monoisotopic (exact) mass is 330 g/mol. The van der Waals surface area contributed by atoms with Gasteiger partial charge in [0.15, 0.2) is 11.5 Å². The van der Waals surface area contributed by atoms with E-state index in [-0.39, 0.29) is 16.9 Å². The number of para-hydroxylation sites is 1. The van der Waals surface area contributed by atoms with Gasteiger partial charge < -0.3 is 14.6 Å². The van der Waals surface area contributed by atoms with E-state index in [0.717, 1.165) is 0 Å². The topological polar surface area (TPSA) is 96.9 Å². The number of hydrogen-bond acceptors (Lipinski definition) is 5. The summed E-state index contributed by atoms with van der Waals surface area (Å²) in [6, 6.07) is 10.7. The fourth-order valence-electron chi connectivity index (χ4n) is 2.00. The molecule has 0 fully saturated rings. The number of hydrazine groups is 1. The number of methoxy groups -OCH3 is 1. The smallest absolute Gasteiger partial charge is 0.273 e. The van der Waals surface area contributed by atoms with Gasteiger partial charge in [0.1, 0.15) is 5.75 Å². The SMILES string of the molecule is CCOc1ccc(C(=O)NNC(=O)c2ccccc2O)cc1OC. The number of carbonyl (C=O) groups excluding carboxylic acids is 2. The second kappa shape index (κ2) is 7.87. The molecule has 3 N–H and O–H groups in total. The van der Waals surface area contributed by atoms with E-state index in [4.69, 9.17) is 9.47 Å². The molecule has 2 amide bonds. The number of aromatic hydroxyl groups is 1. The molecule has 0 unspecified atom stereocenters. The Bertz CT molecular complexity index is 746. The molecule has 2 aromatic carbocycles. The molecule has 0 bridgehead atoms. The van der Waals surface area contributed by atoms with Gasteiger partial charge in [-0.2, -0.15) is 0 Å². The summed E-state index contributed by atoms with van der Waals surface area (Å²) in [6.07, 6.45) is 0. The van der Waals surface area contributed by atoms with Crippen LogP contribution in [0.15, 0.2) is 42.5 Å². The molecule has 126 valence electrons. The number of nitrogens with one attached hydrogen (secondary N) is 2. The van der Waals surface area contributed by atoms with Crippen molar-refractivity contribution in [2.75, 3.05) is 13.7 Å². The highest BCUT2D eigenvalue weighted by Crippen LogP contribution is 2.27. The van der Waals surface area contributed by atoms with Crippen LogP contribution in [0.3, 0.4) is 0 Å². The molecule has 0 saturated carbocycles. The van der Waals surface area contributed by atoms with Gasteiger partial charge in [0.25, 0.3) is 11.8 Å². The Morgan fingerprint density at radius 3 is 2.42 bits per heavy atom. The molecule has 0 aromatic heterocycles. The van der Waals surface area contributed by atoms with Crippen molar-refractivity contribution >= 4 is 11.8 Å². The quantitative estimate of drug-likeness (QED) is 0.727. The lowest BCUT2D eigenvalue weighted by molar-refractivity contribution is 0.0845. The first-order valence-corrected chi connectivity index (χ1v) is 7.26.